The maximum absolute atomic E-state index is 7.72. The van der Waals surface area contributed by atoms with E-state index >= 15 is 0 Å². The Balaban J connectivity index is 1.80. The monoisotopic (exact) mass is 458 g/mol. The van der Waals surface area contributed by atoms with Crippen LogP contribution >= 0.6 is 6.83 Å². The van der Waals surface area contributed by atoms with E-state index in [-0.39, 0.29) is 6.10 Å². The van der Waals surface area contributed by atoms with Gasteiger partial charge in [0.25, 0.3) is 0 Å². The van der Waals surface area contributed by atoms with E-state index in [1.807, 2.05) is 0 Å². The number of fused-ring (bicyclic) bond motifs is 1. The zero-order chi connectivity index (χ0) is 23.0. The Kier molecular flexibility index (Phi) is 4.99. The van der Waals surface area contributed by atoms with Crippen LogP contribution < -0.4 is 21.2 Å². The molecule has 34 heavy (non-hydrogen) atoms. The van der Waals surface area contributed by atoms with Crippen LogP contribution in [0.15, 0.2) is 140 Å². The Morgan fingerprint density at radius 3 is 1.44 bits per heavy atom. The molecule has 5 aromatic carbocycles. The van der Waals surface area contributed by atoms with Gasteiger partial charge in [-0.25, -0.2) is 0 Å². The summed E-state index contributed by atoms with van der Waals surface area (Å²) in [6, 6.07) is 50.3. The Labute approximate surface area is 201 Å². The zero-order valence-electron chi connectivity index (χ0n) is 19.2. The van der Waals surface area contributed by atoms with Gasteiger partial charge in [-0.05, 0) is 0 Å². The Bertz CT molecular complexity index is 1330. The summed E-state index contributed by atoms with van der Waals surface area (Å²) in [4.78, 5) is 0. The maximum atomic E-state index is 7.72. The van der Waals surface area contributed by atoms with Crippen LogP contribution in [0.3, 0.4) is 0 Å². The first-order valence-electron chi connectivity index (χ1n) is 11.8. The Morgan fingerprint density at radius 1 is 0.500 bits per heavy atom. The van der Waals surface area contributed by atoms with Gasteiger partial charge in [-0.3, -0.25) is 0 Å². The van der Waals surface area contributed by atoms with Crippen LogP contribution in [0.25, 0.3) is 0 Å². The van der Waals surface area contributed by atoms with Gasteiger partial charge in [0, 0.05) is 0 Å². The predicted octanol–water partition coefficient (Wildman–Crippen LogP) is 6.18. The fourth-order valence-corrected chi connectivity index (χ4v) is 11.7. The van der Waals surface area contributed by atoms with Crippen LogP contribution in [0.2, 0.25) is 0 Å². The molecule has 1 heterocycles. The second-order valence-electron chi connectivity index (χ2n) is 9.00. The molecule has 1 nitrogen and oxygen atoms in total. The van der Waals surface area contributed by atoms with E-state index in [1.54, 1.807) is 0 Å². The SMILES string of the molecule is Cc1ccc(C2OP(c3ccccc3)(c3ccccc3)(c3ccccc3)c3ccccc32)cc1. The summed E-state index contributed by atoms with van der Waals surface area (Å²) < 4.78 is 7.72. The molecule has 1 aliphatic rings. The van der Waals surface area contributed by atoms with Gasteiger partial charge in [-0.2, -0.15) is 0 Å². The third-order valence-corrected chi connectivity index (χ3v) is 12.9. The molecule has 0 radical (unpaired) electrons. The third-order valence-electron chi connectivity index (χ3n) is 7.12. The Morgan fingerprint density at radius 2 is 0.941 bits per heavy atom. The van der Waals surface area contributed by atoms with E-state index in [4.69, 9.17) is 4.52 Å². The second-order valence-corrected chi connectivity index (χ2v) is 13.3. The van der Waals surface area contributed by atoms with Gasteiger partial charge < -0.3 is 0 Å². The molecular formula is C32H27OP. The summed E-state index contributed by atoms with van der Waals surface area (Å²) in [6.07, 6.45) is -0.157. The predicted molar refractivity (Wildman–Crippen MR) is 145 cm³/mol. The summed E-state index contributed by atoms with van der Waals surface area (Å²) in [5.41, 5.74) is 3.69. The van der Waals surface area contributed by atoms with Crippen molar-refractivity contribution >= 4 is 28.0 Å². The molecule has 2 heteroatoms. The van der Waals surface area contributed by atoms with Gasteiger partial charge in [0.05, 0.1) is 0 Å². The summed E-state index contributed by atoms with van der Waals surface area (Å²) in [5, 5.41) is 4.98. The average Bonchev–Trinajstić information content (AvgIpc) is 3.25. The summed E-state index contributed by atoms with van der Waals surface area (Å²) >= 11 is 0. The minimum absolute atomic E-state index is 0.157. The molecule has 0 saturated heterocycles. The van der Waals surface area contributed by atoms with Gasteiger partial charge in [-0.1, -0.05) is 0 Å². The van der Waals surface area contributed by atoms with Gasteiger partial charge in [-0.15, -0.1) is 0 Å². The second kappa shape index (κ2) is 8.06. The van der Waals surface area contributed by atoms with Crippen LogP contribution in [-0.4, -0.2) is 0 Å². The van der Waals surface area contributed by atoms with Gasteiger partial charge in [0.15, 0.2) is 0 Å². The normalized spacial score (nSPS) is 19.0. The Hall–Kier alpha value is -3.51. The molecule has 5 aromatic rings. The molecule has 0 fully saturated rings. The molecule has 6 rings (SSSR count). The number of rotatable bonds is 4. The average molecular weight is 459 g/mol. The van der Waals surface area contributed by atoms with Crippen LogP contribution in [-0.2, 0) is 4.52 Å². The van der Waals surface area contributed by atoms with E-state index in [0.717, 1.165) is 0 Å². The van der Waals surface area contributed by atoms with Crippen LogP contribution in [0, 0.1) is 6.92 Å². The van der Waals surface area contributed by atoms with Crippen molar-refractivity contribution in [2.45, 2.75) is 13.0 Å². The van der Waals surface area contributed by atoms with E-state index in [1.165, 1.54) is 37.9 Å². The van der Waals surface area contributed by atoms with Gasteiger partial charge in [0.2, 0.25) is 0 Å². The van der Waals surface area contributed by atoms with Crippen molar-refractivity contribution in [3.63, 3.8) is 0 Å². The third kappa shape index (κ3) is 2.81. The molecule has 0 N–H and O–H groups in total. The molecule has 1 unspecified atom stereocenters. The molecule has 1 aliphatic heterocycles. The molecule has 166 valence electrons. The fraction of sp³-hybridized carbons (Fsp3) is 0.0625. The van der Waals surface area contributed by atoms with Crippen molar-refractivity contribution in [1.29, 1.82) is 0 Å². The number of aryl methyl sites for hydroxylation is 1. The van der Waals surface area contributed by atoms with Crippen molar-refractivity contribution in [2.75, 3.05) is 0 Å². The molecule has 0 saturated carbocycles. The molecule has 0 bridgehead atoms. The topological polar surface area (TPSA) is 9.23 Å². The molecule has 0 amide bonds. The first-order valence-corrected chi connectivity index (χ1v) is 13.9. The molecule has 1 atom stereocenters. The quantitative estimate of drug-likeness (QED) is 0.292. The summed E-state index contributed by atoms with van der Waals surface area (Å²) in [7, 11) is 0. The van der Waals surface area contributed by atoms with E-state index in [0.29, 0.717) is 0 Å². The number of hydrogen-bond donors (Lipinski definition) is 0. The standard InChI is InChI=1S/C32H27OP/c1-25-21-23-26(24-22-25)32-30-19-11-12-20-31(30)34(33-32,27-13-5-2-6-14-27,28-15-7-3-8-16-28)29-17-9-4-10-18-29/h2-24,32H,1H3. The minimum atomic E-state index is -3.52. The van der Waals surface area contributed by atoms with Crippen molar-refractivity contribution in [1.82, 2.24) is 0 Å². The molecule has 0 aromatic heterocycles. The number of benzene rings is 5. The first kappa shape index (κ1) is 21.1. The number of hydrogen-bond acceptors (Lipinski definition) is 1. The van der Waals surface area contributed by atoms with Crippen molar-refractivity contribution < 1.29 is 4.52 Å². The van der Waals surface area contributed by atoms with Gasteiger partial charge in [0.1, 0.15) is 0 Å². The first-order chi connectivity index (χ1) is 16.7. The van der Waals surface area contributed by atoms with Crippen molar-refractivity contribution in [2.24, 2.45) is 0 Å². The van der Waals surface area contributed by atoms with Crippen LogP contribution in [0.4, 0.5) is 0 Å². The molecule has 0 aliphatic carbocycles. The van der Waals surface area contributed by atoms with Gasteiger partial charge >= 0.3 is 202 Å². The van der Waals surface area contributed by atoms with E-state index < -0.39 is 6.83 Å². The van der Waals surface area contributed by atoms with Crippen LogP contribution in [0.1, 0.15) is 22.8 Å². The van der Waals surface area contributed by atoms with Crippen molar-refractivity contribution in [3.05, 3.63) is 156 Å². The van der Waals surface area contributed by atoms with E-state index in [2.05, 4.69) is 146 Å². The summed E-state index contributed by atoms with van der Waals surface area (Å²) in [6.45, 7) is -1.39. The summed E-state index contributed by atoms with van der Waals surface area (Å²) in [5.74, 6) is 0. The van der Waals surface area contributed by atoms with Crippen LogP contribution in [0.5, 0.6) is 0 Å². The fourth-order valence-electron chi connectivity index (χ4n) is 5.59. The van der Waals surface area contributed by atoms with E-state index in [9.17, 15) is 0 Å². The molecule has 0 spiro atoms. The zero-order valence-corrected chi connectivity index (χ0v) is 20.1. The van der Waals surface area contributed by atoms with Crippen molar-refractivity contribution in [3.8, 4) is 0 Å². The molecular weight excluding hydrogens is 431 g/mol.